The predicted octanol–water partition coefficient (Wildman–Crippen LogP) is 13.5. The van der Waals surface area contributed by atoms with Crippen molar-refractivity contribution in [2.75, 3.05) is 5.75 Å². The van der Waals surface area contributed by atoms with Crippen LogP contribution in [0.25, 0.3) is 27.6 Å². The Morgan fingerprint density at radius 1 is 0.737 bits per heavy atom. The minimum atomic E-state index is -0.210. The molecule has 0 saturated heterocycles. The largest absolute Gasteiger partial charge is 0.457 e. The number of nitrogens with zero attached hydrogens (tertiary/aromatic N) is 3. The molecule has 0 saturated carbocycles. The molecule has 288 valence electrons. The van der Waals surface area contributed by atoms with E-state index in [1.807, 2.05) is 18.0 Å². The van der Waals surface area contributed by atoms with Gasteiger partial charge in [0.25, 0.3) is 0 Å². The van der Waals surface area contributed by atoms with E-state index < -0.39 is 0 Å². The lowest BCUT2D eigenvalue weighted by Gasteiger charge is -2.35. The maximum atomic E-state index is 7.04. The number of aromatic nitrogens is 2. The van der Waals surface area contributed by atoms with Crippen LogP contribution in [0.5, 0.6) is 11.5 Å². The number of aliphatic imine (C=N–C) groups is 1. The maximum Gasteiger partial charge on any atom is 0.141 e. The highest BCUT2D eigenvalue weighted by atomic mass is 32.2. The molecule has 5 heteroatoms. The van der Waals surface area contributed by atoms with Gasteiger partial charge in [0.15, 0.2) is 0 Å². The van der Waals surface area contributed by atoms with E-state index in [2.05, 4.69) is 183 Å². The number of benzene rings is 5. The summed E-state index contributed by atoms with van der Waals surface area (Å²) >= 11 is 1.86. The van der Waals surface area contributed by atoms with Gasteiger partial charge in [-0.25, -0.2) is 4.98 Å². The van der Waals surface area contributed by atoms with Crippen LogP contribution in [0.2, 0.25) is 0 Å². The van der Waals surface area contributed by atoms with Crippen molar-refractivity contribution in [1.82, 2.24) is 9.55 Å². The molecular formula is C52H53N3OS. The van der Waals surface area contributed by atoms with Crippen molar-refractivity contribution in [3.63, 3.8) is 0 Å². The number of aryl methyl sites for hydroxylation is 2. The van der Waals surface area contributed by atoms with Crippen LogP contribution in [0.3, 0.4) is 0 Å². The highest BCUT2D eigenvalue weighted by molar-refractivity contribution is 8.14. The SMILES string of the molecule is Cc1cnc2c(c1)C(C)(C)c1cc(C(C)(C)C)cc3c4cc(C)c(Oc5cc(C6=N[C@H](C(c7ccccc7)c7ccccc7)CS6)cc(C(C)(C)C)c5)cc4n-2c13. The fourth-order valence-corrected chi connectivity index (χ4v) is 9.97. The van der Waals surface area contributed by atoms with Gasteiger partial charge in [-0.15, -0.1) is 11.8 Å². The second kappa shape index (κ2) is 13.5. The summed E-state index contributed by atoms with van der Waals surface area (Å²) in [6.45, 7) is 22.8. The van der Waals surface area contributed by atoms with Gasteiger partial charge in [0.05, 0.1) is 22.1 Å². The zero-order chi connectivity index (χ0) is 40.0. The Labute approximate surface area is 342 Å². The maximum absolute atomic E-state index is 7.04. The van der Waals surface area contributed by atoms with Crippen molar-refractivity contribution in [1.29, 1.82) is 0 Å². The molecule has 2 aromatic heterocycles. The molecule has 9 rings (SSSR count). The Balaban J connectivity index is 1.17. The van der Waals surface area contributed by atoms with Crippen molar-refractivity contribution in [2.45, 2.75) is 97.4 Å². The number of fused-ring (bicyclic) bond motifs is 5. The summed E-state index contributed by atoms with van der Waals surface area (Å²) in [5, 5.41) is 3.58. The highest BCUT2D eigenvalue weighted by Crippen LogP contribution is 2.50. The van der Waals surface area contributed by atoms with Crippen molar-refractivity contribution >= 4 is 38.6 Å². The van der Waals surface area contributed by atoms with Gasteiger partial charge in [-0.3, -0.25) is 9.56 Å². The summed E-state index contributed by atoms with van der Waals surface area (Å²) in [6.07, 6.45) is 2.00. The van der Waals surface area contributed by atoms with Crippen molar-refractivity contribution in [2.24, 2.45) is 4.99 Å². The van der Waals surface area contributed by atoms with E-state index >= 15 is 0 Å². The van der Waals surface area contributed by atoms with E-state index in [1.165, 1.54) is 55.2 Å². The average Bonchev–Trinajstić information content (AvgIpc) is 3.78. The summed E-state index contributed by atoms with van der Waals surface area (Å²) in [5.41, 5.74) is 13.2. The van der Waals surface area contributed by atoms with Crippen LogP contribution < -0.4 is 4.74 Å². The van der Waals surface area contributed by atoms with Crippen LogP contribution in [-0.2, 0) is 16.2 Å². The second-order valence-electron chi connectivity index (χ2n) is 18.9. The van der Waals surface area contributed by atoms with Crippen LogP contribution in [0, 0.1) is 13.8 Å². The third-order valence-corrected chi connectivity index (χ3v) is 13.3. The van der Waals surface area contributed by atoms with Crippen molar-refractivity contribution in [3.05, 3.63) is 165 Å². The molecule has 2 aliphatic rings. The standard InChI is InChI=1S/C52H53N3OS/c1-31-21-42-48(53-29-31)55-44-28-45(32(2)22-39(44)40-26-37(51(6,7)8)27-41(47(40)55)52(42,9)10)56-38-24-35(23-36(25-38)50(3,4)5)49-54-43(30-57-49)46(33-17-13-11-14-18-33)34-19-15-12-16-20-34/h11-29,43,46H,30H2,1-10H3/t43-/m0/s1. The zero-order valence-corrected chi connectivity index (χ0v) is 35.8. The number of ether oxygens (including phenoxy) is 1. The first-order chi connectivity index (χ1) is 27.1. The third kappa shape index (κ3) is 6.49. The smallest absolute Gasteiger partial charge is 0.141 e. The highest BCUT2D eigenvalue weighted by Gasteiger charge is 2.38. The molecular weight excluding hydrogens is 715 g/mol. The van der Waals surface area contributed by atoms with Gasteiger partial charge in [-0.05, 0) is 100 Å². The van der Waals surface area contributed by atoms with E-state index in [-0.39, 0.29) is 28.2 Å². The Kier molecular flexibility index (Phi) is 8.86. The Morgan fingerprint density at radius 3 is 2.04 bits per heavy atom. The Morgan fingerprint density at radius 2 is 1.39 bits per heavy atom. The summed E-state index contributed by atoms with van der Waals surface area (Å²) in [5.74, 6) is 3.78. The summed E-state index contributed by atoms with van der Waals surface area (Å²) in [7, 11) is 0. The number of thioether (sulfide) groups is 1. The van der Waals surface area contributed by atoms with Crippen LogP contribution >= 0.6 is 11.8 Å². The number of hydrogen-bond donors (Lipinski definition) is 0. The van der Waals surface area contributed by atoms with Crippen LogP contribution in [0.4, 0.5) is 0 Å². The lowest BCUT2D eigenvalue weighted by atomic mass is 9.73. The molecule has 4 nitrogen and oxygen atoms in total. The first-order valence-corrected chi connectivity index (χ1v) is 21.3. The van der Waals surface area contributed by atoms with Crippen molar-refractivity contribution in [3.8, 4) is 17.3 Å². The third-order valence-electron chi connectivity index (χ3n) is 12.2. The van der Waals surface area contributed by atoms with Gasteiger partial charge >= 0.3 is 0 Å². The Bertz CT molecular complexity index is 2690. The molecule has 1 atom stereocenters. The van der Waals surface area contributed by atoms with E-state index in [0.717, 1.165) is 44.8 Å². The van der Waals surface area contributed by atoms with E-state index in [9.17, 15) is 0 Å². The lowest BCUT2D eigenvalue weighted by molar-refractivity contribution is 0.475. The van der Waals surface area contributed by atoms with Gasteiger partial charge in [-0.2, -0.15) is 0 Å². The molecule has 2 aliphatic heterocycles. The zero-order valence-electron chi connectivity index (χ0n) is 35.0. The molecule has 5 aromatic carbocycles. The molecule has 0 N–H and O–H groups in total. The van der Waals surface area contributed by atoms with Crippen LogP contribution in [0.15, 0.2) is 120 Å². The molecule has 7 aromatic rings. The summed E-state index contributed by atoms with van der Waals surface area (Å²) in [4.78, 5) is 10.6. The van der Waals surface area contributed by atoms with E-state index in [0.29, 0.717) is 0 Å². The molecule has 4 heterocycles. The van der Waals surface area contributed by atoms with Gasteiger partial charge in [0.1, 0.15) is 17.3 Å². The van der Waals surface area contributed by atoms with Gasteiger partial charge in [0, 0.05) is 51.2 Å². The molecule has 0 radical (unpaired) electrons. The molecule has 0 spiro atoms. The number of hydrogen-bond acceptors (Lipinski definition) is 4. The minimum Gasteiger partial charge on any atom is -0.457 e. The van der Waals surface area contributed by atoms with Gasteiger partial charge in [-0.1, -0.05) is 122 Å². The lowest BCUT2D eigenvalue weighted by Crippen LogP contribution is -2.28. The molecule has 0 fully saturated rings. The Hall–Kier alpha value is -5.13. The topological polar surface area (TPSA) is 39.4 Å². The van der Waals surface area contributed by atoms with E-state index in [1.54, 1.807) is 0 Å². The molecule has 0 unspecified atom stereocenters. The molecule has 0 amide bonds. The molecule has 57 heavy (non-hydrogen) atoms. The van der Waals surface area contributed by atoms with Crippen LogP contribution in [-0.4, -0.2) is 26.4 Å². The number of pyridine rings is 1. The van der Waals surface area contributed by atoms with Gasteiger partial charge < -0.3 is 4.74 Å². The molecule has 0 aliphatic carbocycles. The second-order valence-corrected chi connectivity index (χ2v) is 19.9. The average molecular weight is 768 g/mol. The van der Waals surface area contributed by atoms with Crippen molar-refractivity contribution < 1.29 is 4.74 Å². The minimum absolute atomic E-state index is 0.000122. The molecule has 0 bridgehead atoms. The fraction of sp³-hybridized carbons (Fsp3) is 0.308. The fourth-order valence-electron chi connectivity index (χ4n) is 8.88. The quantitative estimate of drug-likeness (QED) is 0.169. The van der Waals surface area contributed by atoms with E-state index in [4.69, 9.17) is 14.7 Å². The first-order valence-electron chi connectivity index (χ1n) is 20.3. The summed E-state index contributed by atoms with van der Waals surface area (Å²) in [6, 6.07) is 40.3. The van der Waals surface area contributed by atoms with Crippen LogP contribution in [0.1, 0.15) is 111 Å². The number of rotatable bonds is 6. The predicted molar refractivity (Wildman–Crippen MR) is 242 cm³/mol. The monoisotopic (exact) mass is 767 g/mol. The van der Waals surface area contributed by atoms with Gasteiger partial charge in [0.2, 0.25) is 0 Å². The normalized spacial score (nSPS) is 16.3. The first kappa shape index (κ1) is 37.4. The summed E-state index contributed by atoms with van der Waals surface area (Å²) < 4.78 is 9.44.